The first kappa shape index (κ1) is 18.6. The van der Waals surface area contributed by atoms with Crippen LogP contribution in [-0.2, 0) is 13.1 Å². The molecule has 29 heavy (non-hydrogen) atoms. The minimum atomic E-state index is -1.17. The Morgan fingerprint density at radius 2 is 1.83 bits per heavy atom. The summed E-state index contributed by atoms with van der Waals surface area (Å²) in [5.74, 6) is -3.23. The Morgan fingerprint density at radius 1 is 1.03 bits per heavy atom. The highest BCUT2D eigenvalue weighted by Gasteiger charge is 2.36. The van der Waals surface area contributed by atoms with Crippen molar-refractivity contribution >= 4 is 5.65 Å². The molecule has 1 saturated carbocycles. The molecule has 0 bridgehead atoms. The fourth-order valence-electron chi connectivity index (χ4n) is 4.83. The Bertz CT molecular complexity index is 1050. The maximum atomic E-state index is 14.2. The van der Waals surface area contributed by atoms with E-state index in [2.05, 4.69) is 10.00 Å². The highest BCUT2D eigenvalue weighted by Crippen LogP contribution is 2.38. The maximum Gasteiger partial charge on any atom is 0.161 e. The number of halogens is 3. The summed E-state index contributed by atoms with van der Waals surface area (Å²) >= 11 is 0. The van der Waals surface area contributed by atoms with Gasteiger partial charge >= 0.3 is 0 Å². The number of rotatable bonds is 2. The summed E-state index contributed by atoms with van der Waals surface area (Å²) in [6.45, 7) is 3.47. The standard InChI is InChI=1S/C21H22F3N5/c1-11-4-21-26-20-10-28(8-12(20)9-29(21)27-11)13-2-3-14(19(25)5-13)15-6-17(23)18(24)7-16(15)22/h4,6-7,9,13-14,19H,2-3,5,8,10,25H2,1H3/t13?,14-,19?/m1/s1. The van der Waals surface area contributed by atoms with Gasteiger partial charge in [0.25, 0.3) is 0 Å². The van der Waals surface area contributed by atoms with Crippen LogP contribution < -0.4 is 5.73 Å². The highest BCUT2D eigenvalue weighted by atomic mass is 19.2. The predicted molar refractivity (Wildman–Crippen MR) is 102 cm³/mol. The SMILES string of the molecule is Cc1cc2nc3c(cn2n1)CN(C1CC[C@H](c2cc(F)c(F)cc2F)C(N)C1)C3. The van der Waals surface area contributed by atoms with Crippen LogP contribution in [0.5, 0.6) is 0 Å². The first-order valence-corrected chi connectivity index (χ1v) is 9.88. The van der Waals surface area contributed by atoms with Crippen molar-refractivity contribution in [2.75, 3.05) is 0 Å². The summed E-state index contributed by atoms with van der Waals surface area (Å²) in [4.78, 5) is 7.08. The number of hydrogen-bond donors (Lipinski definition) is 1. The second-order valence-electron chi connectivity index (χ2n) is 8.23. The third-order valence-corrected chi connectivity index (χ3v) is 6.29. The number of fused-ring (bicyclic) bond motifs is 2. The number of nitrogens with two attached hydrogens (primary N) is 1. The largest absolute Gasteiger partial charge is 0.327 e. The molecule has 3 aromatic rings. The van der Waals surface area contributed by atoms with Crippen LogP contribution in [0, 0.1) is 24.4 Å². The summed E-state index contributed by atoms with van der Waals surface area (Å²) in [5.41, 5.74) is 10.5. The second kappa shape index (κ2) is 6.81. The molecular weight excluding hydrogens is 379 g/mol. The molecule has 1 fully saturated rings. The molecule has 152 valence electrons. The molecule has 1 aliphatic heterocycles. The van der Waals surface area contributed by atoms with Gasteiger partial charge in [0.05, 0.1) is 11.4 Å². The van der Waals surface area contributed by atoms with Crippen LogP contribution in [0.1, 0.15) is 47.7 Å². The average Bonchev–Trinajstić information content (AvgIpc) is 3.24. The highest BCUT2D eigenvalue weighted by molar-refractivity contribution is 5.42. The number of benzene rings is 1. The third-order valence-electron chi connectivity index (χ3n) is 6.29. The van der Waals surface area contributed by atoms with E-state index in [0.717, 1.165) is 48.2 Å². The van der Waals surface area contributed by atoms with Crippen molar-refractivity contribution in [1.29, 1.82) is 0 Å². The summed E-state index contributed by atoms with van der Waals surface area (Å²) < 4.78 is 42.9. The van der Waals surface area contributed by atoms with Crippen LogP contribution in [-0.4, -0.2) is 31.6 Å². The zero-order chi connectivity index (χ0) is 20.3. The Morgan fingerprint density at radius 3 is 2.62 bits per heavy atom. The van der Waals surface area contributed by atoms with Gasteiger partial charge in [0.15, 0.2) is 17.3 Å². The molecule has 2 unspecified atom stereocenters. The van der Waals surface area contributed by atoms with E-state index in [4.69, 9.17) is 10.7 Å². The Kier molecular flexibility index (Phi) is 4.36. The normalized spacial score (nSPS) is 24.9. The Balaban J connectivity index is 1.31. The quantitative estimate of drug-likeness (QED) is 0.669. The van der Waals surface area contributed by atoms with E-state index >= 15 is 0 Å². The van der Waals surface area contributed by atoms with Crippen molar-refractivity contribution in [3.63, 3.8) is 0 Å². The number of aryl methyl sites for hydroxylation is 1. The Hall–Kier alpha value is -2.45. The first-order valence-electron chi connectivity index (χ1n) is 9.88. The fraction of sp³-hybridized carbons (Fsp3) is 0.429. The molecule has 5 rings (SSSR count). The van der Waals surface area contributed by atoms with Gasteiger partial charge in [-0.15, -0.1) is 0 Å². The van der Waals surface area contributed by atoms with Crippen LogP contribution in [0.3, 0.4) is 0 Å². The van der Waals surface area contributed by atoms with E-state index in [1.807, 2.05) is 23.7 Å². The molecule has 0 amide bonds. The molecule has 2 aromatic heterocycles. The van der Waals surface area contributed by atoms with Gasteiger partial charge in [0.1, 0.15) is 5.82 Å². The van der Waals surface area contributed by atoms with Crippen molar-refractivity contribution in [1.82, 2.24) is 19.5 Å². The second-order valence-corrected chi connectivity index (χ2v) is 8.23. The van der Waals surface area contributed by atoms with E-state index in [9.17, 15) is 13.2 Å². The van der Waals surface area contributed by atoms with E-state index < -0.39 is 17.5 Å². The molecule has 8 heteroatoms. The third kappa shape index (κ3) is 3.20. The van der Waals surface area contributed by atoms with Gasteiger partial charge in [-0.1, -0.05) is 0 Å². The lowest BCUT2D eigenvalue weighted by Gasteiger charge is -2.38. The minimum absolute atomic E-state index is 0.179. The predicted octanol–water partition coefficient (Wildman–Crippen LogP) is 3.43. The van der Waals surface area contributed by atoms with Crippen molar-refractivity contribution in [2.45, 2.75) is 57.3 Å². The summed E-state index contributed by atoms with van der Waals surface area (Å²) in [7, 11) is 0. The Labute approximate surface area is 166 Å². The molecule has 0 radical (unpaired) electrons. The van der Waals surface area contributed by atoms with E-state index in [1.54, 1.807) is 0 Å². The zero-order valence-corrected chi connectivity index (χ0v) is 16.1. The molecule has 2 N–H and O–H groups in total. The molecule has 1 aliphatic carbocycles. The topological polar surface area (TPSA) is 59.5 Å². The van der Waals surface area contributed by atoms with E-state index in [1.165, 1.54) is 0 Å². The molecule has 1 aromatic carbocycles. The molecule has 5 nitrogen and oxygen atoms in total. The maximum absolute atomic E-state index is 14.2. The molecule has 0 spiro atoms. The molecule has 3 atom stereocenters. The van der Waals surface area contributed by atoms with E-state index in [-0.39, 0.29) is 23.6 Å². The van der Waals surface area contributed by atoms with Crippen LogP contribution in [0.25, 0.3) is 5.65 Å². The number of hydrogen-bond acceptors (Lipinski definition) is 4. The van der Waals surface area contributed by atoms with Crippen LogP contribution >= 0.6 is 0 Å². The van der Waals surface area contributed by atoms with Crippen molar-refractivity contribution in [3.05, 3.63) is 64.4 Å². The summed E-state index contributed by atoms with van der Waals surface area (Å²) in [6, 6.07) is 3.47. The monoisotopic (exact) mass is 401 g/mol. The van der Waals surface area contributed by atoms with Gasteiger partial charge in [-0.25, -0.2) is 22.7 Å². The molecule has 0 saturated heterocycles. The number of aromatic nitrogens is 3. The van der Waals surface area contributed by atoms with Crippen LogP contribution in [0.2, 0.25) is 0 Å². The summed E-state index contributed by atoms with van der Waals surface area (Å²) in [6.07, 6.45) is 4.16. The van der Waals surface area contributed by atoms with Gasteiger partial charge in [0, 0.05) is 55.0 Å². The average molecular weight is 401 g/mol. The number of nitrogens with zero attached hydrogens (tertiary/aromatic N) is 4. The molecular formula is C21H22F3N5. The lowest BCUT2D eigenvalue weighted by atomic mass is 9.77. The van der Waals surface area contributed by atoms with Gasteiger partial charge in [-0.05, 0) is 37.8 Å². The van der Waals surface area contributed by atoms with Crippen LogP contribution in [0.15, 0.2) is 24.4 Å². The van der Waals surface area contributed by atoms with Gasteiger partial charge in [-0.3, -0.25) is 4.90 Å². The van der Waals surface area contributed by atoms with Gasteiger partial charge < -0.3 is 5.73 Å². The van der Waals surface area contributed by atoms with Gasteiger partial charge in [0.2, 0.25) is 0 Å². The zero-order valence-electron chi connectivity index (χ0n) is 16.1. The fourth-order valence-corrected chi connectivity index (χ4v) is 4.83. The summed E-state index contributed by atoms with van der Waals surface area (Å²) in [5, 5.41) is 4.43. The van der Waals surface area contributed by atoms with E-state index in [0.29, 0.717) is 18.9 Å². The lowest BCUT2D eigenvalue weighted by Crippen LogP contribution is -2.44. The smallest absolute Gasteiger partial charge is 0.161 e. The van der Waals surface area contributed by atoms with Crippen molar-refractivity contribution in [3.8, 4) is 0 Å². The van der Waals surface area contributed by atoms with Crippen molar-refractivity contribution < 1.29 is 13.2 Å². The molecule has 2 aliphatic rings. The van der Waals surface area contributed by atoms with Crippen LogP contribution in [0.4, 0.5) is 13.2 Å². The minimum Gasteiger partial charge on any atom is -0.327 e. The first-order chi connectivity index (χ1) is 13.9. The molecule has 3 heterocycles. The van der Waals surface area contributed by atoms with Gasteiger partial charge in [-0.2, -0.15) is 5.10 Å². The lowest BCUT2D eigenvalue weighted by molar-refractivity contribution is 0.137. The van der Waals surface area contributed by atoms with Crippen molar-refractivity contribution in [2.24, 2.45) is 5.73 Å².